The van der Waals surface area contributed by atoms with Crippen LogP contribution in [0, 0.1) is 22.7 Å². The number of carbonyl (C=O) groups excluding carboxylic acids is 2. The number of nitrogens with one attached hydrogen (secondary N) is 1. The van der Waals surface area contributed by atoms with Gasteiger partial charge in [-0.2, -0.15) is 5.26 Å². The van der Waals surface area contributed by atoms with Gasteiger partial charge in [0.25, 0.3) is 0 Å². The molecule has 1 heterocycles. The minimum absolute atomic E-state index is 0.0309. The van der Waals surface area contributed by atoms with E-state index < -0.39 is 0 Å². The molecular weight excluding hydrogens is 388 g/mol. The van der Waals surface area contributed by atoms with Crippen LogP contribution in [-0.4, -0.2) is 31.8 Å². The maximum absolute atomic E-state index is 12.9. The zero-order chi connectivity index (χ0) is 22.8. The number of hydrogen-bond acceptors (Lipinski definition) is 5. The molecule has 0 bridgehead atoms. The lowest BCUT2D eigenvalue weighted by Gasteiger charge is -2.40. The molecule has 31 heavy (non-hydrogen) atoms. The van der Waals surface area contributed by atoms with E-state index in [1.54, 1.807) is 0 Å². The lowest BCUT2D eigenvalue weighted by molar-refractivity contribution is -0.125. The van der Waals surface area contributed by atoms with E-state index in [1.165, 1.54) is 6.42 Å². The van der Waals surface area contributed by atoms with Gasteiger partial charge in [0.1, 0.15) is 17.5 Å². The summed E-state index contributed by atoms with van der Waals surface area (Å²) in [7, 11) is 3.70. The van der Waals surface area contributed by atoms with E-state index in [-0.39, 0.29) is 41.6 Å². The van der Waals surface area contributed by atoms with Gasteiger partial charge in [-0.05, 0) is 36.3 Å². The predicted octanol–water partition coefficient (Wildman–Crippen LogP) is 4.38. The van der Waals surface area contributed by atoms with Crippen LogP contribution in [0.3, 0.4) is 0 Å². The number of allylic oxidation sites excluding steroid dienone is 1. The summed E-state index contributed by atoms with van der Waals surface area (Å²) in [4.78, 5) is 29.3. The molecule has 0 spiro atoms. The summed E-state index contributed by atoms with van der Waals surface area (Å²) < 4.78 is 0. The Morgan fingerprint density at radius 2 is 1.65 bits per heavy atom. The normalized spacial score (nSPS) is 20.8. The molecule has 1 N–H and O–H groups in total. The smallest absolute Gasteiger partial charge is 0.220 e. The largest absolute Gasteiger partial charge is 0.353 e. The summed E-state index contributed by atoms with van der Waals surface area (Å²) in [5, 5.41) is 12.9. The number of amides is 1. The van der Waals surface area contributed by atoms with E-state index in [4.69, 9.17) is 0 Å². The number of Topliss-reactive ketones (excluding diaryl/α,β-unsaturated/α-hetero) is 1. The molecule has 0 radical (unpaired) electrons. The van der Waals surface area contributed by atoms with Gasteiger partial charge in [0.15, 0.2) is 5.78 Å². The number of rotatable bonds is 5. The Morgan fingerprint density at radius 1 is 1.06 bits per heavy atom. The van der Waals surface area contributed by atoms with Crippen molar-refractivity contribution >= 4 is 23.1 Å². The standard InChI is InChI=1S/C25H34N4O2/c1-25(2,3)18-10-6-7-11-19(18)27-23(31)15-14-22(30)17(16-26)24-28(4)20-12-8-9-13-21(20)29(24)5/h8-9,12-13,18-19H,6-7,10-11,14-15H2,1-5H3,(H,27,31). The maximum atomic E-state index is 12.9. The van der Waals surface area contributed by atoms with Crippen LogP contribution in [0.15, 0.2) is 35.7 Å². The topological polar surface area (TPSA) is 76.4 Å². The van der Waals surface area contributed by atoms with Gasteiger partial charge in [0, 0.05) is 33.0 Å². The Hall–Kier alpha value is -2.81. The molecule has 0 aromatic heterocycles. The van der Waals surface area contributed by atoms with Gasteiger partial charge >= 0.3 is 0 Å². The van der Waals surface area contributed by atoms with Crippen molar-refractivity contribution in [2.75, 3.05) is 23.9 Å². The highest BCUT2D eigenvalue weighted by Crippen LogP contribution is 2.40. The number of benzene rings is 1. The summed E-state index contributed by atoms with van der Waals surface area (Å²) in [5.41, 5.74) is 2.13. The second-order valence-corrected chi connectivity index (χ2v) is 9.77. The Balaban J connectivity index is 1.67. The molecule has 2 aliphatic rings. The number of nitriles is 1. The number of ketones is 1. The first kappa shape index (κ1) is 22.9. The molecule has 2 unspecified atom stereocenters. The number of anilines is 2. The summed E-state index contributed by atoms with van der Waals surface area (Å²) >= 11 is 0. The molecule has 0 saturated heterocycles. The van der Waals surface area contributed by atoms with E-state index >= 15 is 0 Å². The summed E-state index contributed by atoms with van der Waals surface area (Å²) in [6, 6.07) is 10.0. The van der Waals surface area contributed by atoms with Gasteiger partial charge in [-0.1, -0.05) is 45.7 Å². The number of nitrogens with zero attached hydrogens (tertiary/aromatic N) is 3. The first-order valence-electron chi connectivity index (χ1n) is 11.2. The summed E-state index contributed by atoms with van der Waals surface area (Å²) in [6.45, 7) is 6.68. The second-order valence-electron chi connectivity index (χ2n) is 9.77. The fourth-order valence-corrected chi connectivity index (χ4v) is 5.03. The van der Waals surface area contributed by atoms with Crippen LogP contribution >= 0.6 is 0 Å². The van der Waals surface area contributed by atoms with Crippen molar-refractivity contribution in [1.29, 1.82) is 5.26 Å². The molecule has 6 heteroatoms. The number of fused-ring (bicyclic) bond motifs is 1. The highest BCUT2D eigenvalue weighted by atomic mass is 16.2. The molecule has 1 aromatic carbocycles. The molecule has 166 valence electrons. The maximum Gasteiger partial charge on any atom is 0.220 e. The van der Waals surface area contributed by atoms with Crippen molar-refractivity contribution in [2.24, 2.45) is 11.3 Å². The van der Waals surface area contributed by atoms with Crippen molar-refractivity contribution < 1.29 is 9.59 Å². The highest BCUT2D eigenvalue weighted by Gasteiger charge is 2.35. The molecule has 1 aromatic rings. The predicted molar refractivity (Wildman–Crippen MR) is 123 cm³/mol. The lowest BCUT2D eigenvalue weighted by atomic mass is 9.69. The highest BCUT2D eigenvalue weighted by molar-refractivity contribution is 6.03. The van der Waals surface area contributed by atoms with Crippen LogP contribution in [0.5, 0.6) is 0 Å². The molecule has 1 fully saturated rings. The third-order valence-electron chi connectivity index (χ3n) is 6.66. The van der Waals surface area contributed by atoms with E-state index in [0.29, 0.717) is 11.7 Å². The molecule has 6 nitrogen and oxygen atoms in total. The van der Waals surface area contributed by atoms with Crippen molar-refractivity contribution in [1.82, 2.24) is 5.32 Å². The van der Waals surface area contributed by atoms with Gasteiger partial charge in [-0.15, -0.1) is 0 Å². The average molecular weight is 423 g/mol. The zero-order valence-electron chi connectivity index (χ0n) is 19.4. The van der Waals surface area contributed by atoms with Gasteiger partial charge in [-0.3, -0.25) is 9.59 Å². The molecule has 1 aliphatic heterocycles. The first-order valence-corrected chi connectivity index (χ1v) is 11.2. The van der Waals surface area contributed by atoms with Crippen LogP contribution < -0.4 is 15.1 Å². The van der Waals surface area contributed by atoms with Crippen molar-refractivity contribution in [3.63, 3.8) is 0 Å². The first-order chi connectivity index (χ1) is 14.6. The third kappa shape index (κ3) is 4.76. The van der Waals surface area contributed by atoms with Crippen LogP contribution in [0.2, 0.25) is 0 Å². The molecular formula is C25H34N4O2. The van der Waals surface area contributed by atoms with Gasteiger partial charge in [0.05, 0.1) is 11.4 Å². The van der Waals surface area contributed by atoms with E-state index in [1.807, 2.05) is 48.2 Å². The van der Waals surface area contributed by atoms with E-state index in [2.05, 4.69) is 32.2 Å². The number of hydrogen-bond donors (Lipinski definition) is 1. The molecule has 1 aliphatic carbocycles. The van der Waals surface area contributed by atoms with Crippen LogP contribution in [0.4, 0.5) is 11.4 Å². The minimum atomic E-state index is -0.296. The molecule has 1 saturated carbocycles. The number of carbonyl (C=O) groups is 2. The van der Waals surface area contributed by atoms with Crippen molar-refractivity contribution in [3.05, 3.63) is 35.7 Å². The Morgan fingerprint density at radius 3 is 2.19 bits per heavy atom. The van der Waals surface area contributed by atoms with Crippen LogP contribution in [0.25, 0.3) is 0 Å². The molecule has 3 rings (SSSR count). The quantitative estimate of drug-likeness (QED) is 0.563. The molecule has 2 atom stereocenters. The van der Waals surface area contributed by atoms with Crippen LogP contribution in [-0.2, 0) is 9.59 Å². The average Bonchev–Trinajstić information content (AvgIpc) is 2.98. The Labute approximate surface area is 185 Å². The monoisotopic (exact) mass is 422 g/mol. The molecule has 1 amide bonds. The fraction of sp³-hybridized carbons (Fsp3) is 0.560. The summed E-state index contributed by atoms with van der Waals surface area (Å²) in [6.07, 6.45) is 4.57. The minimum Gasteiger partial charge on any atom is -0.353 e. The van der Waals surface area contributed by atoms with Crippen molar-refractivity contribution in [2.45, 2.75) is 65.3 Å². The van der Waals surface area contributed by atoms with E-state index in [9.17, 15) is 14.9 Å². The Kier molecular flexibility index (Phi) is 6.74. The fourth-order valence-electron chi connectivity index (χ4n) is 5.03. The number of para-hydroxylation sites is 2. The van der Waals surface area contributed by atoms with Crippen LogP contribution in [0.1, 0.15) is 59.3 Å². The summed E-state index contributed by atoms with van der Waals surface area (Å²) in [5.74, 6) is 0.606. The SMILES string of the molecule is CN1C(=C(C#N)C(=O)CCC(=O)NC2CCCCC2C(C)(C)C)N(C)c2ccccc21. The van der Waals surface area contributed by atoms with Gasteiger partial charge in [-0.25, -0.2) is 0 Å². The van der Waals surface area contributed by atoms with Gasteiger partial charge in [0.2, 0.25) is 5.91 Å². The van der Waals surface area contributed by atoms with Gasteiger partial charge < -0.3 is 15.1 Å². The van der Waals surface area contributed by atoms with E-state index in [0.717, 1.165) is 30.6 Å². The zero-order valence-corrected chi connectivity index (χ0v) is 19.4. The van der Waals surface area contributed by atoms with Crippen molar-refractivity contribution in [3.8, 4) is 6.07 Å². The third-order valence-corrected chi connectivity index (χ3v) is 6.66. The Bertz CT molecular complexity index is 891. The lowest BCUT2D eigenvalue weighted by Crippen LogP contribution is -2.46. The second kappa shape index (κ2) is 9.13.